The largest absolute Gasteiger partial charge is 0.261 e. The van der Waals surface area contributed by atoms with E-state index in [0.717, 1.165) is 22.5 Å². The zero-order chi connectivity index (χ0) is 22.0. The molecule has 9 heteroatoms. The second-order valence-corrected chi connectivity index (χ2v) is 11.1. The molecule has 0 bridgehead atoms. The molecule has 0 aliphatic carbocycles. The fourth-order valence-electron chi connectivity index (χ4n) is 2.19. The zero-order valence-electron chi connectivity index (χ0n) is 17.5. The van der Waals surface area contributed by atoms with Gasteiger partial charge in [-0.15, -0.1) is 4.36 Å². The fraction of sp³-hybridized carbons (Fsp3) is 0.455. The molecule has 0 saturated carbocycles. The first-order chi connectivity index (χ1) is 13.6. The van der Waals surface area contributed by atoms with Crippen LogP contribution in [0.5, 0.6) is 0 Å². The van der Waals surface area contributed by atoms with Gasteiger partial charge < -0.3 is 0 Å². The van der Waals surface area contributed by atoms with Crippen molar-refractivity contribution in [3.05, 3.63) is 59.2 Å². The number of aryl methyl sites for hydroxylation is 2. The predicted molar refractivity (Wildman–Crippen MR) is 132 cm³/mol. The summed E-state index contributed by atoms with van der Waals surface area (Å²) in [7, 11) is -2.75. The summed E-state index contributed by atoms with van der Waals surface area (Å²) in [6.45, 7) is 7.70. The molecule has 31 heavy (non-hydrogen) atoms. The molecule has 0 saturated heterocycles. The summed E-state index contributed by atoms with van der Waals surface area (Å²) in [5, 5.41) is 16.9. The third-order valence-corrected chi connectivity index (χ3v) is 8.08. The Kier molecular flexibility index (Phi) is 14.2. The molecule has 2 rings (SSSR count). The van der Waals surface area contributed by atoms with Gasteiger partial charge in [0.2, 0.25) is 12.4 Å². The molecule has 0 radical (unpaired) electrons. The van der Waals surface area contributed by atoms with Crippen molar-refractivity contribution in [3.8, 4) is 12.4 Å². The summed E-state index contributed by atoms with van der Waals surface area (Å²) in [6.07, 6.45) is 10.4. The van der Waals surface area contributed by atoms with Crippen LogP contribution in [0.4, 0.5) is 0 Å². The van der Waals surface area contributed by atoms with Crippen molar-refractivity contribution in [1.29, 1.82) is 10.5 Å². The molecule has 0 N–H and O–H groups in total. The van der Waals surface area contributed by atoms with Gasteiger partial charge in [0, 0.05) is 35.3 Å². The molecular weight excluding hydrogens is 428 g/mol. The predicted octanol–water partition coefficient (Wildman–Crippen LogP) is 5.67. The Labute approximate surface area is 190 Å². The van der Waals surface area contributed by atoms with E-state index in [4.69, 9.17) is 10.5 Å². The van der Waals surface area contributed by atoms with Crippen LogP contribution in [0.2, 0.25) is 0 Å². The summed E-state index contributed by atoms with van der Waals surface area (Å²) in [5.74, 6) is 0. The lowest BCUT2D eigenvalue weighted by atomic mass is 10.2. The molecule has 4 unspecified atom stereocenters. The fourth-order valence-corrected chi connectivity index (χ4v) is 3.98. The molecule has 2 aromatic rings. The number of hydrogen-bond acceptors (Lipinski definition) is 7. The van der Waals surface area contributed by atoms with Crippen molar-refractivity contribution in [3.63, 3.8) is 0 Å². The van der Waals surface area contributed by atoms with Gasteiger partial charge in [0.1, 0.15) is 0 Å². The van der Waals surface area contributed by atoms with E-state index in [1.807, 2.05) is 56.8 Å². The molecule has 170 valence electrons. The van der Waals surface area contributed by atoms with E-state index in [0.29, 0.717) is 0 Å². The minimum Gasteiger partial charge on any atom is -0.261 e. The first-order valence-corrected chi connectivity index (χ1v) is 12.4. The van der Waals surface area contributed by atoms with Crippen LogP contribution in [-0.2, 0) is 20.4 Å². The smallest absolute Gasteiger partial charge is 0.214 e. The summed E-state index contributed by atoms with van der Waals surface area (Å²) in [6, 6.07) is 7.75. The highest BCUT2D eigenvalue weighted by molar-refractivity contribution is 7.93. The second kappa shape index (κ2) is 14.4. The molecule has 0 aliphatic rings. The topological polar surface area (TPSA) is 115 Å². The lowest BCUT2D eigenvalue weighted by Gasteiger charge is -2.12. The maximum absolute atomic E-state index is 12.0. The molecule has 0 spiro atoms. The molecule has 4 atom stereocenters. The molecule has 0 aromatic carbocycles. The third kappa shape index (κ3) is 9.82. The number of rotatable bonds is 4. The lowest BCUT2D eigenvalue weighted by molar-refractivity contribution is 0.673. The van der Waals surface area contributed by atoms with Crippen LogP contribution in [0, 0.1) is 36.8 Å². The highest BCUT2D eigenvalue weighted by Gasteiger charge is 2.16. The number of pyridine rings is 2. The van der Waals surface area contributed by atoms with Crippen molar-refractivity contribution in [2.75, 3.05) is 12.5 Å². The van der Waals surface area contributed by atoms with E-state index >= 15 is 0 Å². The Morgan fingerprint density at radius 2 is 1.45 bits per heavy atom. The first-order valence-electron chi connectivity index (χ1n) is 8.81. The van der Waals surface area contributed by atoms with Crippen molar-refractivity contribution in [2.24, 2.45) is 8.73 Å². The summed E-state index contributed by atoms with van der Waals surface area (Å²) < 4.78 is 19.2. The quantitative estimate of drug-likeness (QED) is 0.543. The Hall–Kier alpha value is -2.62. The highest BCUT2D eigenvalue weighted by atomic mass is 32.2. The maximum atomic E-state index is 12.0. The number of hydrogen-bond donors (Lipinski definition) is 0. The van der Waals surface area contributed by atoms with Crippen LogP contribution in [0.3, 0.4) is 0 Å². The average molecular weight is 463 g/mol. The molecule has 0 fully saturated rings. The summed E-state index contributed by atoms with van der Waals surface area (Å²) in [5.41, 5.74) is 3.90. The van der Waals surface area contributed by atoms with Gasteiger partial charge in [-0.2, -0.15) is 14.9 Å². The average Bonchev–Trinajstić information content (AvgIpc) is 2.69. The van der Waals surface area contributed by atoms with Crippen molar-refractivity contribution in [2.45, 2.75) is 53.0 Å². The van der Waals surface area contributed by atoms with Gasteiger partial charge in [-0.3, -0.25) is 9.97 Å². The van der Waals surface area contributed by atoms with Gasteiger partial charge in [-0.1, -0.05) is 37.7 Å². The lowest BCUT2D eigenvalue weighted by Crippen LogP contribution is -2.07. The maximum Gasteiger partial charge on any atom is 0.214 e. The van der Waals surface area contributed by atoms with Gasteiger partial charge in [-0.25, -0.2) is 4.21 Å². The van der Waals surface area contributed by atoms with Crippen LogP contribution in [0.25, 0.3) is 0 Å². The monoisotopic (exact) mass is 462 g/mol. The van der Waals surface area contributed by atoms with Crippen LogP contribution in [0.1, 0.15) is 61.7 Å². The van der Waals surface area contributed by atoms with Gasteiger partial charge in [0.25, 0.3) is 0 Å². The van der Waals surface area contributed by atoms with Crippen molar-refractivity contribution in [1.82, 2.24) is 9.97 Å². The van der Waals surface area contributed by atoms with Gasteiger partial charge in [-0.05, 0) is 57.2 Å². The van der Waals surface area contributed by atoms with Gasteiger partial charge in [0.05, 0.1) is 15.0 Å². The van der Waals surface area contributed by atoms with Gasteiger partial charge in [0.15, 0.2) is 0 Å². The molecule has 0 aliphatic heterocycles. The van der Waals surface area contributed by atoms with Crippen LogP contribution < -0.4 is 0 Å². The SMILES string of the molecule is C.C.Cc1ccc(C(C)S(C)(=O)=NC#N)cn1.Cc1ccc(C(C)S(C)=NC#N)cn1. The van der Waals surface area contributed by atoms with E-state index < -0.39 is 9.73 Å². The zero-order valence-corrected chi connectivity index (χ0v) is 19.2. The number of nitriles is 2. The summed E-state index contributed by atoms with van der Waals surface area (Å²) in [4.78, 5) is 8.35. The van der Waals surface area contributed by atoms with E-state index in [1.54, 1.807) is 19.3 Å². The Bertz CT molecular complexity index is 1040. The van der Waals surface area contributed by atoms with E-state index in [9.17, 15) is 4.21 Å². The van der Waals surface area contributed by atoms with E-state index in [1.165, 1.54) is 6.26 Å². The summed E-state index contributed by atoms with van der Waals surface area (Å²) >= 11 is 0. The molecular formula is C22H34N6OS2. The normalized spacial score (nSPS) is 14.5. The van der Waals surface area contributed by atoms with E-state index in [-0.39, 0.29) is 36.0 Å². The molecule has 0 amide bonds. The Morgan fingerprint density at radius 3 is 1.84 bits per heavy atom. The molecule has 2 aromatic heterocycles. The third-order valence-electron chi connectivity index (χ3n) is 4.38. The van der Waals surface area contributed by atoms with Gasteiger partial charge >= 0.3 is 0 Å². The van der Waals surface area contributed by atoms with E-state index in [2.05, 4.69) is 25.6 Å². The van der Waals surface area contributed by atoms with Crippen LogP contribution in [0.15, 0.2) is 45.4 Å². The molecule has 7 nitrogen and oxygen atoms in total. The molecule has 2 heterocycles. The highest BCUT2D eigenvalue weighted by Crippen LogP contribution is 2.22. The first kappa shape index (κ1) is 30.6. The standard InChI is InChI=1S/C10H13N3OS.C10H13N3S.2CH4/c1-8-4-5-10(6-12-8)9(2)15(3,14)13-7-11;1-8-4-5-10(6-12-8)9(2)14(3)13-7-11;;/h4-6,9H,1-3H3;4-6,9H,1-3H3;2*1H4. The van der Waals surface area contributed by atoms with Crippen molar-refractivity contribution >= 4 is 20.4 Å². The number of aromatic nitrogens is 2. The van der Waals surface area contributed by atoms with Crippen LogP contribution in [-0.4, -0.2) is 26.7 Å². The minimum absolute atomic E-state index is 0. The Morgan fingerprint density at radius 1 is 0.968 bits per heavy atom. The second-order valence-electron chi connectivity index (χ2n) is 6.52. The van der Waals surface area contributed by atoms with Crippen molar-refractivity contribution < 1.29 is 4.21 Å². The Balaban J connectivity index is 0. The number of nitrogens with zero attached hydrogens (tertiary/aromatic N) is 6. The minimum atomic E-state index is -2.50. The van der Waals surface area contributed by atoms with Crippen LogP contribution >= 0.6 is 0 Å².